The summed E-state index contributed by atoms with van der Waals surface area (Å²) in [6, 6.07) is 6.05. The zero-order valence-electron chi connectivity index (χ0n) is 13.7. The summed E-state index contributed by atoms with van der Waals surface area (Å²) >= 11 is 1.33. The number of hydrazone groups is 1. The number of rotatable bonds is 5. The lowest BCUT2D eigenvalue weighted by Gasteiger charge is -2.18. The van der Waals surface area contributed by atoms with Crippen molar-refractivity contribution in [3.05, 3.63) is 40.4 Å². The molecule has 0 fully saturated rings. The van der Waals surface area contributed by atoms with Crippen LogP contribution in [0, 0.1) is 0 Å². The Balaban J connectivity index is 1.75. The van der Waals surface area contributed by atoms with Gasteiger partial charge in [-0.1, -0.05) is 0 Å². The molecule has 1 aromatic heterocycles. The Morgan fingerprint density at radius 1 is 1.42 bits per heavy atom. The van der Waals surface area contributed by atoms with E-state index in [1.165, 1.54) is 16.9 Å². The van der Waals surface area contributed by atoms with E-state index in [2.05, 4.69) is 21.6 Å². The van der Waals surface area contributed by atoms with Crippen LogP contribution >= 0.6 is 11.3 Å². The second kappa shape index (κ2) is 7.44. The number of hydrogen-bond acceptors (Lipinski definition) is 7. The molecule has 0 unspecified atom stereocenters. The van der Waals surface area contributed by atoms with Gasteiger partial charge in [0, 0.05) is 10.9 Å². The Morgan fingerprint density at radius 2 is 2.29 bits per heavy atom. The van der Waals surface area contributed by atoms with E-state index in [1.54, 1.807) is 19.4 Å². The summed E-state index contributed by atoms with van der Waals surface area (Å²) in [5.74, 6) is 0.450. The smallest absolute Gasteiger partial charge is 0.357 e. The van der Waals surface area contributed by atoms with Gasteiger partial charge in [0.1, 0.15) is 5.75 Å². The summed E-state index contributed by atoms with van der Waals surface area (Å²) in [5, 5.41) is 6.73. The number of benzene rings is 1. The monoisotopic (exact) mass is 345 g/mol. The maximum Gasteiger partial charge on any atom is 0.357 e. The molecule has 1 heterocycles. The van der Waals surface area contributed by atoms with E-state index in [1.807, 2.05) is 12.1 Å². The molecule has 0 saturated carbocycles. The van der Waals surface area contributed by atoms with Crippen LogP contribution in [0.15, 0.2) is 28.7 Å². The van der Waals surface area contributed by atoms with E-state index < -0.39 is 5.97 Å². The summed E-state index contributed by atoms with van der Waals surface area (Å²) in [4.78, 5) is 15.8. The molecule has 0 bridgehead atoms. The fourth-order valence-corrected chi connectivity index (χ4v) is 3.24. The van der Waals surface area contributed by atoms with Gasteiger partial charge in [0.15, 0.2) is 5.69 Å². The second-order valence-electron chi connectivity index (χ2n) is 5.31. The first-order chi connectivity index (χ1) is 11.7. The highest BCUT2D eigenvalue weighted by molar-refractivity contribution is 7.13. The molecule has 0 aliphatic heterocycles. The Hall–Kier alpha value is -2.41. The molecule has 1 N–H and O–H groups in total. The number of aromatic nitrogens is 1. The van der Waals surface area contributed by atoms with Gasteiger partial charge in [-0.05, 0) is 49.9 Å². The summed E-state index contributed by atoms with van der Waals surface area (Å²) in [6.45, 7) is 2.10. The minimum atomic E-state index is -0.412. The standard InChI is InChI=1S/C17H19N3O3S/c1-3-23-16(21)15-10-24-17(18-15)20-19-14-6-4-5-11-9-12(22-2)7-8-13(11)14/h7-10H,3-6H2,1-2H3,(H,18,20). The van der Waals surface area contributed by atoms with Crippen LogP contribution in [0.1, 0.15) is 41.4 Å². The van der Waals surface area contributed by atoms with Gasteiger partial charge in [0.25, 0.3) is 0 Å². The van der Waals surface area contributed by atoms with E-state index >= 15 is 0 Å². The first kappa shape index (κ1) is 16.4. The van der Waals surface area contributed by atoms with E-state index in [9.17, 15) is 4.79 Å². The lowest BCUT2D eigenvalue weighted by atomic mass is 9.90. The molecule has 6 nitrogen and oxygen atoms in total. The molecule has 24 heavy (non-hydrogen) atoms. The molecule has 1 aliphatic rings. The van der Waals surface area contributed by atoms with Crippen molar-refractivity contribution >= 4 is 28.1 Å². The Morgan fingerprint density at radius 3 is 3.08 bits per heavy atom. The Labute approximate surface area is 144 Å². The predicted octanol–water partition coefficient (Wildman–Crippen LogP) is 3.48. The van der Waals surface area contributed by atoms with Crippen molar-refractivity contribution < 1.29 is 14.3 Å². The van der Waals surface area contributed by atoms with Gasteiger partial charge in [-0.2, -0.15) is 5.10 Å². The lowest BCUT2D eigenvalue weighted by molar-refractivity contribution is 0.0520. The molecule has 0 saturated heterocycles. The molecular formula is C17H19N3O3S. The van der Waals surface area contributed by atoms with Gasteiger partial charge in [-0.15, -0.1) is 11.3 Å². The molecule has 7 heteroatoms. The molecule has 0 radical (unpaired) electrons. The first-order valence-electron chi connectivity index (χ1n) is 7.83. The van der Waals surface area contributed by atoms with E-state index in [0.717, 1.165) is 36.3 Å². The SMILES string of the molecule is CCOC(=O)c1csc(NN=C2CCCc3cc(OC)ccc32)n1. The van der Waals surface area contributed by atoms with Crippen LogP contribution in [0.3, 0.4) is 0 Å². The normalized spacial score (nSPS) is 15.0. The molecule has 0 atom stereocenters. The van der Waals surface area contributed by atoms with Crippen LogP contribution in [0.4, 0.5) is 5.13 Å². The average molecular weight is 345 g/mol. The van der Waals surface area contributed by atoms with Crippen molar-refractivity contribution in [2.75, 3.05) is 19.1 Å². The van der Waals surface area contributed by atoms with Crippen molar-refractivity contribution in [2.45, 2.75) is 26.2 Å². The number of aryl methyl sites for hydroxylation is 1. The van der Waals surface area contributed by atoms with Gasteiger partial charge in [0.2, 0.25) is 5.13 Å². The number of esters is 1. The number of thiazole rings is 1. The summed E-state index contributed by atoms with van der Waals surface area (Å²) in [6.07, 6.45) is 2.98. The van der Waals surface area contributed by atoms with Crippen LogP contribution in [-0.4, -0.2) is 30.4 Å². The number of carbonyl (C=O) groups excluding carboxylic acids is 1. The van der Waals surface area contributed by atoms with Crippen molar-refractivity contribution in [3.8, 4) is 5.75 Å². The molecule has 3 rings (SSSR count). The maximum atomic E-state index is 11.6. The number of nitrogens with zero attached hydrogens (tertiary/aromatic N) is 2. The minimum Gasteiger partial charge on any atom is -0.497 e. The number of fused-ring (bicyclic) bond motifs is 1. The number of ether oxygens (including phenoxy) is 2. The van der Waals surface area contributed by atoms with Crippen LogP contribution in [0.5, 0.6) is 5.75 Å². The van der Waals surface area contributed by atoms with Gasteiger partial charge in [0.05, 0.1) is 19.4 Å². The van der Waals surface area contributed by atoms with Gasteiger partial charge in [-0.25, -0.2) is 9.78 Å². The first-order valence-corrected chi connectivity index (χ1v) is 8.71. The third-order valence-electron chi connectivity index (χ3n) is 3.76. The van der Waals surface area contributed by atoms with Crippen LogP contribution in [0.2, 0.25) is 0 Å². The van der Waals surface area contributed by atoms with Crippen LogP contribution in [-0.2, 0) is 11.2 Å². The van der Waals surface area contributed by atoms with E-state index in [4.69, 9.17) is 9.47 Å². The number of hydrogen-bond donors (Lipinski definition) is 1. The molecule has 2 aromatic rings. The van der Waals surface area contributed by atoms with Crippen molar-refractivity contribution in [2.24, 2.45) is 5.10 Å². The maximum absolute atomic E-state index is 11.6. The fourth-order valence-electron chi connectivity index (χ4n) is 2.62. The highest BCUT2D eigenvalue weighted by Crippen LogP contribution is 2.26. The summed E-state index contributed by atoms with van der Waals surface area (Å²) < 4.78 is 10.2. The lowest BCUT2D eigenvalue weighted by Crippen LogP contribution is -2.13. The summed E-state index contributed by atoms with van der Waals surface area (Å²) in [7, 11) is 1.67. The molecular weight excluding hydrogens is 326 g/mol. The number of carbonyl (C=O) groups is 1. The highest BCUT2D eigenvalue weighted by Gasteiger charge is 2.17. The van der Waals surface area contributed by atoms with E-state index in [0.29, 0.717) is 17.4 Å². The van der Waals surface area contributed by atoms with Crippen molar-refractivity contribution in [1.82, 2.24) is 4.98 Å². The molecule has 0 spiro atoms. The van der Waals surface area contributed by atoms with Gasteiger partial charge >= 0.3 is 5.97 Å². The molecule has 1 aliphatic carbocycles. The average Bonchev–Trinajstić information content (AvgIpc) is 3.08. The Bertz CT molecular complexity index is 770. The topological polar surface area (TPSA) is 72.8 Å². The third-order valence-corrected chi connectivity index (χ3v) is 4.51. The third kappa shape index (κ3) is 3.56. The Kier molecular flexibility index (Phi) is 5.10. The van der Waals surface area contributed by atoms with Gasteiger partial charge < -0.3 is 9.47 Å². The number of nitrogens with one attached hydrogen (secondary N) is 1. The van der Waals surface area contributed by atoms with Gasteiger partial charge in [-0.3, -0.25) is 5.43 Å². The molecule has 0 amide bonds. The second-order valence-corrected chi connectivity index (χ2v) is 6.16. The van der Waals surface area contributed by atoms with Crippen molar-refractivity contribution in [1.29, 1.82) is 0 Å². The zero-order valence-corrected chi connectivity index (χ0v) is 14.5. The van der Waals surface area contributed by atoms with Crippen LogP contribution in [0.25, 0.3) is 0 Å². The summed E-state index contributed by atoms with van der Waals surface area (Å²) in [5.41, 5.74) is 6.63. The molecule has 126 valence electrons. The van der Waals surface area contributed by atoms with Crippen molar-refractivity contribution in [3.63, 3.8) is 0 Å². The fraction of sp³-hybridized carbons (Fsp3) is 0.353. The minimum absolute atomic E-state index is 0.304. The number of methoxy groups -OCH3 is 1. The highest BCUT2D eigenvalue weighted by atomic mass is 32.1. The number of anilines is 1. The van der Waals surface area contributed by atoms with E-state index in [-0.39, 0.29) is 0 Å². The predicted molar refractivity (Wildman–Crippen MR) is 94.2 cm³/mol. The van der Waals surface area contributed by atoms with Crippen LogP contribution < -0.4 is 10.2 Å². The zero-order chi connectivity index (χ0) is 16.9. The largest absolute Gasteiger partial charge is 0.497 e. The molecule has 1 aromatic carbocycles. The quantitative estimate of drug-likeness (QED) is 0.663.